The number of anilines is 1. The summed E-state index contributed by atoms with van der Waals surface area (Å²) in [5, 5.41) is 0. The first kappa shape index (κ1) is 8.07. The minimum Gasteiger partial charge on any atom is -0.384 e. The molecule has 1 rings (SSSR count). The van der Waals surface area contributed by atoms with Crippen LogP contribution in [0.3, 0.4) is 0 Å². The van der Waals surface area contributed by atoms with Crippen molar-refractivity contribution in [3.63, 3.8) is 0 Å². The third-order valence-electron chi connectivity index (χ3n) is 1.60. The van der Waals surface area contributed by atoms with Crippen LogP contribution in [0.25, 0.3) is 0 Å². The van der Waals surface area contributed by atoms with Crippen LogP contribution in [0, 0.1) is 0 Å². The van der Waals surface area contributed by atoms with Gasteiger partial charge in [0.2, 0.25) is 0 Å². The van der Waals surface area contributed by atoms with Gasteiger partial charge in [0.25, 0.3) is 0 Å². The average Bonchev–Trinajstić information content (AvgIpc) is 2.30. The Morgan fingerprint density at radius 2 is 2.27 bits per heavy atom. The molecule has 4 N–H and O–H groups in total. The molecule has 4 heteroatoms. The van der Waals surface area contributed by atoms with Gasteiger partial charge < -0.3 is 16.0 Å². The first-order valence-electron chi connectivity index (χ1n) is 3.68. The summed E-state index contributed by atoms with van der Waals surface area (Å²) in [5.74, 6) is 1.53. The van der Waals surface area contributed by atoms with E-state index in [1.807, 2.05) is 4.57 Å². The summed E-state index contributed by atoms with van der Waals surface area (Å²) < 4.78 is 1.93. The summed E-state index contributed by atoms with van der Waals surface area (Å²) in [6.45, 7) is 4.55. The summed E-state index contributed by atoms with van der Waals surface area (Å²) in [5.41, 5.74) is 11.1. The Labute approximate surface area is 66.2 Å². The van der Waals surface area contributed by atoms with Crippen molar-refractivity contribution < 1.29 is 0 Å². The number of imidazole rings is 1. The van der Waals surface area contributed by atoms with Crippen LogP contribution >= 0.6 is 0 Å². The van der Waals surface area contributed by atoms with Gasteiger partial charge in [0.05, 0.1) is 12.7 Å². The van der Waals surface area contributed by atoms with Crippen molar-refractivity contribution in [3.05, 3.63) is 12.0 Å². The Kier molecular flexibility index (Phi) is 2.14. The lowest BCUT2D eigenvalue weighted by Gasteiger charge is -2.11. The summed E-state index contributed by atoms with van der Waals surface area (Å²) in [7, 11) is 0. The molecule has 62 valence electrons. The van der Waals surface area contributed by atoms with Gasteiger partial charge in [-0.2, -0.15) is 0 Å². The van der Waals surface area contributed by atoms with Gasteiger partial charge in [0.1, 0.15) is 11.6 Å². The summed E-state index contributed by atoms with van der Waals surface area (Å²) in [6, 6.07) is 0.330. The Bertz CT molecular complexity index is 239. The quantitative estimate of drug-likeness (QED) is 0.651. The molecule has 0 aliphatic carbocycles. The maximum atomic E-state index is 5.66. The van der Waals surface area contributed by atoms with Crippen LogP contribution in [0.15, 0.2) is 6.20 Å². The van der Waals surface area contributed by atoms with E-state index in [4.69, 9.17) is 11.5 Å². The van der Waals surface area contributed by atoms with Crippen LogP contribution in [-0.4, -0.2) is 9.55 Å². The molecule has 0 aromatic carbocycles. The summed E-state index contributed by atoms with van der Waals surface area (Å²) in [6.07, 6.45) is 1.64. The topological polar surface area (TPSA) is 69.9 Å². The van der Waals surface area contributed by atoms with Crippen LogP contribution in [-0.2, 0) is 6.54 Å². The van der Waals surface area contributed by atoms with Crippen LogP contribution in [0.1, 0.15) is 25.7 Å². The Hall–Kier alpha value is -1.03. The zero-order valence-electron chi connectivity index (χ0n) is 6.91. The van der Waals surface area contributed by atoms with Crippen LogP contribution in [0.2, 0.25) is 0 Å². The molecule has 0 bridgehead atoms. The smallest absolute Gasteiger partial charge is 0.124 e. The third kappa shape index (κ3) is 1.35. The van der Waals surface area contributed by atoms with Gasteiger partial charge in [-0.05, 0) is 13.8 Å². The molecular weight excluding hydrogens is 140 g/mol. The molecule has 1 aromatic heterocycles. The van der Waals surface area contributed by atoms with Gasteiger partial charge in [0.15, 0.2) is 0 Å². The summed E-state index contributed by atoms with van der Waals surface area (Å²) >= 11 is 0. The second-order valence-corrected chi connectivity index (χ2v) is 2.77. The summed E-state index contributed by atoms with van der Waals surface area (Å²) in [4.78, 5) is 4.07. The monoisotopic (exact) mass is 154 g/mol. The molecule has 0 radical (unpaired) electrons. The molecule has 0 aliphatic rings. The van der Waals surface area contributed by atoms with E-state index in [-0.39, 0.29) is 0 Å². The van der Waals surface area contributed by atoms with E-state index < -0.39 is 0 Å². The van der Waals surface area contributed by atoms with Crippen molar-refractivity contribution in [1.82, 2.24) is 9.55 Å². The van der Waals surface area contributed by atoms with Crippen molar-refractivity contribution in [2.24, 2.45) is 5.73 Å². The Morgan fingerprint density at radius 1 is 1.64 bits per heavy atom. The second-order valence-electron chi connectivity index (χ2n) is 2.77. The molecule has 0 amide bonds. The van der Waals surface area contributed by atoms with Gasteiger partial charge in [-0.3, -0.25) is 0 Å². The number of aromatic nitrogens is 2. The maximum Gasteiger partial charge on any atom is 0.124 e. The van der Waals surface area contributed by atoms with Gasteiger partial charge in [0, 0.05) is 6.04 Å². The van der Waals surface area contributed by atoms with E-state index in [9.17, 15) is 0 Å². The average molecular weight is 154 g/mol. The van der Waals surface area contributed by atoms with Gasteiger partial charge >= 0.3 is 0 Å². The highest BCUT2D eigenvalue weighted by Crippen LogP contribution is 2.14. The SMILES string of the molecule is CC(C)n1c(N)cnc1CN. The van der Waals surface area contributed by atoms with Gasteiger partial charge in [-0.1, -0.05) is 0 Å². The fraction of sp³-hybridized carbons (Fsp3) is 0.571. The van der Waals surface area contributed by atoms with Crippen LogP contribution in [0.4, 0.5) is 5.82 Å². The number of nitrogen functional groups attached to an aromatic ring is 1. The van der Waals surface area contributed by atoms with Crippen LogP contribution in [0.5, 0.6) is 0 Å². The van der Waals surface area contributed by atoms with E-state index in [2.05, 4.69) is 18.8 Å². The predicted molar refractivity (Wildman–Crippen MR) is 44.9 cm³/mol. The third-order valence-corrected chi connectivity index (χ3v) is 1.60. The molecule has 4 nitrogen and oxygen atoms in total. The minimum absolute atomic E-state index is 0.330. The van der Waals surface area contributed by atoms with Crippen molar-refractivity contribution in [1.29, 1.82) is 0 Å². The van der Waals surface area contributed by atoms with Crippen LogP contribution < -0.4 is 11.5 Å². The lowest BCUT2D eigenvalue weighted by molar-refractivity contribution is 0.576. The molecule has 0 saturated carbocycles. The highest BCUT2D eigenvalue weighted by atomic mass is 15.2. The molecule has 11 heavy (non-hydrogen) atoms. The van der Waals surface area contributed by atoms with E-state index >= 15 is 0 Å². The minimum atomic E-state index is 0.330. The number of hydrogen-bond donors (Lipinski definition) is 2. The standard InChI is InChI=1S/C7H14N4/c1-5(2)11-6(9)4-10-7(11)3-8/h4-5H,3,8-9H2,1-2H3. The highest BCUT2D eigenvalue weighted by Gasteiger charge is 2.07. The van der Waals surface area contributed by atoms with Gasteiger partial charge in [-0.25, -0.2) is 4.98 Å². The van der Waals surface area contributed by atoms with E-state index in [0.29, 0.717) is 18.4 Å². The first-order chi connectivity index (χ1) is 5.16. The van der Waals surface area contributed by atoms with Crippen molar-refractivity contribution in [2.45, 2.75) is 26.4 Å². The van der Waals surface area contributed by atoms with Crippen molar-refractivity contribution >= 4 is 5.82 Å². The lowest BCUT2D eigenvalue weighted by Crippen LogP contribution is -2.12. The maximum absolute atomic E-state index is 5.66. The van der Waals surface area contributed by atoms with E-state index in [1.54, 1.807) is 6.20 Å². The number of hydrogen-bond acceptors (Lipinski definition) is 3. The number of rotatable bonds is 2. The zero-order chi connectivity index (χ0) is 8.43. The lowest BCUT2D eigenvalue weighted by atomic mass is 10.4. The Morgan fingerprint density at radius 3 is 2.64 bits per heavy atom. The number of nitrogens with zero attached hydrogens (tertiary/aromatic N) is 2. The molecule has 0 fully saturated rings. The predicted octanol–water partition coefficient (Wildman–Crippen LogP) is 0.505. The fourth-order valence-electron chi connectivity index (χ4n) is 1.16. The molecular formula is C7H14N4. The fourth-order valence-corrected chi connectivity index (χ4v) is 1.16. The molecule has 1 aromatic rings. The number of nitrogens with two attached hydrogens (primary N) is 2. The molecule has 0 saturated heterocycles. The first-order valence-corrected chi connectivity index (χ1v) is 3.68. The molecule has 1 heterocycles. The highest BCUT2D eigenvalue weighted by molar-refractivity contribution is 5.28. The molecule has 0 atom stereocenters. The van der Waals surface area contributed by atoms with Crippen molar-refractivity contribution in [3.8, 4) is 0 Å². The zero-order valence-corrected chi connectivity index (χ0v) is 6.91. The Balaban J connectivity index is 3.07. The van der Waals surface area contributed by atoms with Crippen molar-refractivity contribution in [2.75, 3.05) is 5.73 Å². The van der Waals surface area contributed by atoms with Gasteiger partial charge in [-0.15, -0.1) is 0 Å². The molecule has 0 unspecified atom stereocenters. The second kappa shape index (κ2) is 2.92. The largest absolute Gasteiger partial charge is 0.384 e. The molecule has 0 spiro atoms. The van der Waals surface area contributed by atoms with E-state index in [0.717, 1.165) is 5.82 Å². The normalized spacial score (nSPS) is 10.9. The van der Waals surface area contributed by atoms with E-state index in [1.165, 1.54) is 0 Å². The molecule has 0 aliphatic heterocycles.